The summed E-state index contributed by atoms with van der Waals surface area (Å²) < 4.78 is 0. The first-order chi connectivity index (χ1) is 6.70. The van der Waals surface area contributed by atoms with E-state index in [1.165, 1.54) is 0 Å². The van der Waals surface area contributed by atoms with Crippen molar-refractivity contribution >= 4 is 6.03 Å². The number of hydrogen-bond acceptors (Lipinski definition) is 2. The second kappa shape index (κ2) is 5.95. The number of carbonyl (C=O) groups is 1. The fourth-order valence-electron chi connectivity index (χ4n) is 1.30. The molecule has 0 heterocycles. The van der Waals surface area contributed by atoms with E-state index in [-0.39, 0.29) is 17.6 Å². The van der Waals surface area contributed by atoms with Crippen molar-refractivity contribution < 1.29 is 4.79 Å². The van der Waals surface area contributed by atoms with E-state index in [0.29, 0.717) is 12.5 Å². The maximum atomic E-state index is 11.4. The van der Waals surface area contributed by atoms with Gasteiger partial charge in [0.15, 0.2) is 0 Å². The normalized spacial score (nSPS) is 13.8. The first-order valence-corrected chi connectivity index (χ1v) is 5.52. The summed E-state index contributed by atoms with van der Waals surface area (Å²) >= 11 is 0. The van der Waals surface area contributed by atoms with Crippen molar-refractivity contribution in [3.8, 4) is 0 Å². The molecule has 0 rings (SSSR count). The summed E-state index contributed by atoms with van der Waals surface area (Å²) in [5, 5.41) is 5.59. The van der Waals surface area contributed by atoms with Gasteiger partial charge >= 0.3 is 6.03 Å². The standard InChI is InChI=1S/C11H25N3O/c1-8(2)6-9(12)7-13-10(15)14-11(3,4)5/h8-9H,6-7,12H2,1-5H3,(H2,13,14,15). The monoisotopic (exact) mass is 215 g/mol. The fourth-order valence-corrected chi connectivity index (χ4v) is 1.30. The number of urea groups is 1. The van der Waals surface area contributed by atoms with Gasteiger partial charge in [-0.3, -0.25) is 0 Å². The van der Waals surface area contributed by atoms with Gasteiger partial charge in [0.25, 0.3) is 0 Å². The van der Waals surface area contributed by atoms with Crippen LogP contribution in [0.25, 0.3) is 0 Å². The maximum absolute atomic E-state index is 11.4. The van der Waals surface area contributed by atoms with Gasteiger partial charge in [-0.1, -0.05) is 13.8 Å². The van der Waals surface area contributed by atoms with Crippen molar-refractivity contribution in [2.24, 2.45) is 11.7 Å². The summed E-state index contributed by atoms with van der Waals surface area (Å²) in [6.45, 7) is 10.6. The van der Waals surface area contributed by atoms with E-state index < -0.39 is 0 Å². The average molecular weight is 215 g/mol. The van der Waals surface area contributed by atoms with Gasteiger partial charge in [0, 0.05) is 18.1 Å². The number of hydrogen-bond donors (Lipinski definition) is 3. The molecular weight excluding hydrogens is 190 g/mol. The molecule has 90 valence electrons. The summed E-state index contributed by atoms with van der Waals surface area (Å²) in [6.07, 6.45) is 0.926. The van der Waals surface area contributed by atoms with E-state index in [1.807, 2.05) is 20.8 Å². The highest BCUT2D eigenvalue weighted by atomic mass is 16.2. The Labute approximate surface area is 93.0 Å². The minimum Gasteiger partial charge on any atom is -0.337 e. The van der Waals surface area contributed by atoms with Crippen LogP contribution in [0.3, 0.4) is 0 Å². The van der Waals surface area contributed by atoms with Crippen LogP contribution in [0.4, 0.5) is 4.79 Å². The fraction of sp³-hybridized carbons (Fsp3) is 0.909. The smallest absolute Gasteiger partial charge is 0.315 e. The molecule has 0 saturated heterocycles. The van der Waals surface area contributed by atoms with Crippen molar-refractivity contribution in [3.63, 3.8) is 0 Å². The zero-order valence-corrected chi connectivity index (χ0v) is 10.6. The Balaban J connectivity index is 3.72. The van der Waals surface area contributed by atoms with Gasteiger partial charge in [-0.15, -0.1) is 0 Å². The van der Waals surface area contributed by atoms with Crippen LogP contribution >= 0.6 is 0 Å². The number of nitrogens with one attached hydrogen (secondary N) is 2. The Morgan fingerprint density at radius 1 is 1.33 bits per heavy atom. The van der Waals surface area contributed by atoms with Gasteiger partial charge in [0.2, 0.25) is 0 Å². The van der Waals surface area contributed by atoms with E-state index in [9.17, 15) is 4.79 Å². The molecule has 0 spiro atoms. The molecule has 4 N–H and O–H groups in total. The predicted octanol–water partition coefficient (Wildman–Crippen LogP) is 1.46. The van der Waals surface area contributed by atoms with Crippen molar-refractivity contribution in [3.05, 3.63) is 0 Å². The Kier molecular flexibility index (Phi) is 5.65. The maximum Gasteiger partial charge on any atom is 0.315 e. The zero-order chi connectivity index (χ0) is 12.1. The van der Waals surface area contributed by atoms with Crippen LogP contribution in [-0.4, -0.2) is 24.2 Å². The van der Waals surface area contributed by atoms with Crippen molar-refractivity contribution in [2.45, 2.75) is 52.6 Å². The summed E-state index contributed by atoms with van der Waals surface area (Å²) in [5.41, 5.74) is 5.64. The van der Waals surface area contributed by atoms with Gasteiger partial charge in [0.05, 0.1) is 0 Å². The minimum absolute atomic E-state index is 0.0377. The molecule has 2 amide bonds. The summed E-state index contributed by atoms with van der Waals surface area (Å²) in [5.74, 6) is 0.562. The van der Waals surface area contributed by atoms with Crippen molar-refractivity contribution in [1.29, 1.82) is 0 Å². The van der Waals surface area contributed by atoms with Crippen LogP contribution in [0, 0.1) is 5.92 Å². The highest BCUT2D eigenvalue weighted by Crippen LogP contribution is 2.01. The van der Waals surface area contributed by atoms with Crippen molar-refractivity contribution in [1.82, 2.24) is 10.6 Å². The molecule has 0 aliphatic carbocycles. The Morgan fingerprint density at radius 2 is 1.87 bits per heavy atom. The second-order valence-electron chi connectivity index (χ2n) is 5.47. The lowest BCUT2D eigenvalue weighted by Crippen LogP contribution is -2.49. The zero-order valence-electron chi connectivity index (χ0n) is 10.6. The van der Waals surface area contributed by atoms with Gasteiger partial charge in [-0.25, -0.2) is 4.79 Å². The SMILES string of the molecule is CC(C)CC(N)CNC(=O)NC(C)(C)C. The van der Waals surface area contributed by atoms with Crippen LogP contribution < -0.4 is 16.4 Å². The van der Waals surface area contributed by atoms with Crippen LogP contribution in [0.15, 0.2) is 0 Å². The van der Waals surface area contributed by atoms with E-state index in [4.69, 9.17) is 5.73 Å². The molecule has 1 unspecified atom stereocenters. The van der Waals surface area contributed by atoms with E-state index in [1.54, 1.807) is 0 Å². The molecule has 4 nitrogen and oxygen atoms in total. The Bertz CT molecular complexity index is 196. The third-order valence-corrected chi connectivity index (χ3v) is 1.79. The molecule has 0 aromatic heterocycles. The number of rotatable bonds is 4. The predicted molar refractivity (Wildman–Crippen MR) is 63.7 cm³/mol. The molecule has 0 aromatic carbocycles. The van der Waals surface area contributed by atoms with Gasteiger partial charge < -0.3 is 16.4 Å². The molecule has 0 aromatic rings. The lowest BCUT2D eigenvalue weighted by atomic mass is 10.0. The quantitative estimate of drug-likeness (QED) is 0.664. The molecule has 0 saturated carbocycles. The molecule has 4 heteroatoms. The highest BCUT2D eigenvalue weighted by Gasteiger charge is 2.14. The third kappa shape index (κ3) is 9.53. The van der Waals surface area contributed by atoms with Crippen LogP contribution in [0.5, 0.6) is 0 Å². The number of nitrogens with two attached hydrogens (primary N) is 1. The lowest BCUT2D eigenvalue weighted by molar-refractivity contribution is 0.231. The minimum atomic E-state index is -0.202. The van der Waals surface area contributed by atoms with E-state index in [0.717, 1.165) is 6.42 Å². The first kappa shape index (κ1) is 14.2. The average Bonchev–Trinajstić information content (AvgIpc) is 1.96. The van der Waals surface area contributed by atoms with Crippen LogP contribution in [-0.2, 0) is 0 Å². The van der Waals surface area contributed by atoms with Gasteiger partial charge in [0.1, 0.15) is 0 Å². The third-order valence-electron chi connectivity index (χ3n) is 1.79. The van der Waals surface area contributed by atoms with Crippen LogP contribution in [0.1, 0.15) is 41.0 Å². The molecule has 0 aliphatic heterocycles. The Morgan fingerprint density at radius 3 is 2.27 bits per heavy atom. The lowest BCUT2D eigenvalue weighted by Gasteiger charge is -2.22. The second-order valence-corrected chi connectivity index (χ2v) is 5.47. The molecule has 15 heavy (non-hydrogen) atoms. The van der Waals surface area contributed by atoms with E-state index >= 15 is 0 Å². The molecule has 0 radical (unpaired) electrons. The number of amides is 2. The highest BCUT2D eigenvalue weighted by molar-refractivity contribution is 5.74. The van der Waals surface area contributed by atoms with Crippen molar-refractivity contribution in [2.75, 3.05) is 6.54 Å². The molecule has 0 fully saturated rings. The molecule has 0 bridgehead atoms. The Hall–Kier alpha value is -0.770. The summed E-state index contributed by atoms with van der Waals surface area (Å²) in [4.78, 5) is 11.4. The molecule has 1 atom stereocenters. The molecular formula is C11H25N3O. The van der Waals surface area contributed by atoms with E-state index in [2.05, 4.69) is 24.5 Å². The summed E-state index contributed by atoms with van der Waals surface area (Å²) in [7, 11) is 0. The van der Waals surface area contributed by atoms with Gasteiger partial charge in [-0.05, 0) is 33.1 Å². The topological polar surface area (TPSA) is 67.1 Å². The summed E-state index contributed by atoms with van der Waals surface area (Å²) in [6, 6.07) is -0.113. The first-order valence-electron chi connectivity index (χ1n) is 5.52. The molecule has 0 aliphatic rings. The number of carbonyl (C=O) groups excluding carboxylic acids is 1. The van der Waals surface area contributed by atoms with Gasteiger partial charge in [-0.2, -0.15) is 0 Å². The largest absolute Gasteiger partial charge is 0.337 e. The van der Waals surface area contributed by atoms with Crippen LogP contribution in [0.2, 0.25) is 0 Å².